The minimum Gasteiger partial charge on any atom is -0.508 e. The quantitative estimate of drug-likeness (QED) is 0.757. The van der Waals surface area contributed by atoms with Crippen LogP contribution in [0.1, 0.15) is 22.5 Å². The topological polar surface area (TPSA) is 52.1 Å². The Hall–Kier alpha value is -2.33. The van der Waals surface area contributed by atoms with E-state index in [1.54, 1.807) is 6.07 Å². The van der Waals surface area contributed by atoms with Crippen LogP contribution in [0.3, 0.4) is 0 Å². The number of rotatable bonds is 5. The highest BCUT2D eigenvalue weighted by atomic mass is 16.3. The van der Waals surface area contributed by atoms with Crippen molar-refractivity contribution in [1.82, 2.24) is 14.9 Å². The van der Waals surface area contributed by atoms with Crippen LogP contribution < -0.4 is 0 Å². The fourth-order valence-electron chi connectivity index (χ4n) is 2.85. The smallest absolute Gasteiger partial charge is 0.120 e. The summed E-state index contributed by atoms with van der Waals surface area (Å²) < 4.78 is 0. The van der Waals surface area contributed by atoms with Crippen LogP contribution in [-0.4, -0.2) is 33.6 Å². The number of phenols is 1. The molecule has 0 unspecified atom stereocenters. The number of H-pyrrole nitrogens is 1. The Labute approximate surface area is 136 Å². The number of nitrogens with zero attached hydrogens (tertiary/aromatic N) is 2. The van der Waals surface area contributed by atoms with Gasteiger partial charge in [0.25, 0.3) is 0 Å². The molecule has 0 saturated heterocycles. The number of aromatic hydroxyl groups is 1. The first-order valence-corrected chi connectivity index (χ1v) is 7.94. The highest BCUT2D eigenvalue weighted by Gasteiger charge is 2.08. The van der Waals surface area contributed by atoms with Gasteiger partial charge in [-0.15, -0.1) is 0 Å². The fourth-order valence-corrected chi connectivity index (χ4v) is 2.85. The van der Waals surface area contributed by atoms with Crippen molar-refractivity contribution in [3.8, 4) is 5.75 Å². The average molecular weight is 309 g/mol. The number of hydrogen-bond donors (Lipinski definition) is 2. The average Bonchev–Trinajstić information content (AvgIpc) is 2.94. The first-order valence-electron chi connectivity index (χ1n) is 7.94. The van der Waals surface area contributed by atoms with E-state index in [0.717, 1.165) is 41.9 Å². The molecule has 3 rings (SSSR count). The molecule has 1 heterocycles. The highest BCUT2D eigenvalue weighted by Crippen LogP contribution is 2.20. The van der Waals surface area contributed by atoms with Crippen LogP contribution in [0.4, 0.5) is 0 Å². The number of aromatic amines is 1. The molecule has 0 aliphatic heterocycles. The van der Waals surface area contributed by atoms with Crippen molar-refractivity contribution in [2.75, 3.05) is 13.6 Å². The maximum absolute atomic E-state index is 9.95. The number of phenolic OH excluding ortho intramolecular Hbond substituents is 1. The second kappa shape index (κ2) is 6.42. The van der Waals surface area contributed by atoms with E-state index in [-0.39, 0.29) is 0 Å². The number of fused-ring (bicyclic) bond motifs is 1. The predicted molar refractivity (Wildman–Crippen MR) is 93.7 cm³/mol. The molecule has 120 valence electrons. The van der Waals surface area contributed by atoms with E-state index in [2.05, 4.69) is 36.0 Å². The molecule has 0 saturated carbocycles. The SMILES string of the molecule is Cc1ccc(O)c(CN(C)CCc2nc3c(C)cccc3[nH]2)c1. The van der Waals surface area contributed by atoms with Crippen LogP contribution in [0.15, 0.2) is 36.4 Å². The summed E-state index contributed by atoms with van der Waals surface area (Å²) in [6.45, 7) is 5.73. The lowest BCUT2D eigenvalue weighted by atomic mass is 10.1. The molecule has 0 spiro atoms. The Bertz CT molecular complexity index is 823. The van der Waals surface area contributed by atoms with Gasteiger partial charge in [-0.1, -0.05) is 29.8 Å². The summed E-state index contributed by atoms with van der Waals surface area (Å²) in [4.78, 5) is 10.3. The van der Waals surface area contributed by atoms with Gasteiger partial charge in [0.2, 0.25) is 0 Å². The van der Waals surface area contributed by atoms with Gasteiger partial charge in [0.1, 0.15) is 11.6 Å². The maximum Gasteiger partial charge on any atom is 0.120 e. The van der Waals surface area contributed by atoms with Crippen molar-refractivity contribution >= 4 is 11.0 Å². The third-order valence-corrected chi connectivity index (χ3v) is 4.17. The molecule has 2 aromatic carbocycles. The van der Waals surface area contributed by atoms with Gasteiger partial charge in [0.15, 0.2) is 0 Å². The molecule has 0 atom stereocenters. The van der Waals surface area contributed by atoms with Gasteiger partial charge < -0.3 is 15.0 Å². The number of likely N-dealkylation sites (N-methyl/N-ethyl adjacent to an activating group) is 1. The van der Waals surface area contributed by atoms with Crippen molar-refractivity contribution in [3.05, 3.63) is 58.9 Å². The molecular weight excluding hydrogens is 286 g/mol. The van der Waals surface area contributed by atoms with Crippen LogP contribution in [0.5, 0.6) is 5.75 Å². The molecular formula is C19H23N3O. The van der Waals surface area contributed by atoms with Crippen molar-refractivity contribution < 1.29 is 5.11 Å². The van der Waals surface area contributed by atoms with Crippen LogP contribution in [0, 0.1) is 13.8 Å². The number of imidazole rings is 1. The molecule has 0 fully saturated rings. The van der Waals surface area contributed by atoms with Gasteiger partial charge in [-0.3, -0.25) is 0 Å². The van der Waals surface area contributed by atoms with Crippen molar-refractivity contribution in [3.63, 3.8) is 0 Å². The molecule has 3 aromatic rings. The molecule has 0 aliphatic rings. The summed E-state index contributed by atoms with van der Waals surface area (Å²) in [6, 6.07) is 11.9. The van der Waals surface area contributed by atoms with E-state index in [4.69, 9.17) is 4.98 Å². The van der Waals surface area contributed by atoms with Gasteiger partial charge in [0.05, 0.1) is 11.0 Å². The third-order valence-electron chi connectivity index (χ3n) is 4.17. The second-order valence-corrected chi connectivity index (χ2v) is 6.27. The zero-order valence-electron chi connectivity index (χ0n) is 13.9. The molecule has 23 heavy (non-hydrogen) atoms. The number of para-hydroxylation sites is 1. The molecule has 0 bridgehead atoms. The van der Waals surface area contributed by atoms with Crippen LogP contribution in [-0.2, 0) is 13.0 Å². The lowest BCUT2D eigenvalue weighted by molar-refractivity contribution is 0.322. The molecule has 0 radical (unpaired) electrons. The summed E-state index contributed by atoms with van der Waals surface area (Å²) in [5.74, 6) is 1.37. The molecule has 2 N–H and O–H groups in total. The van der Waals surface area contributed by atoms with E-state index in [9.17, 15) is 5.11 Å². The van der Waals surface area contributed by atoms with Crippen LogP contribution >= 0.6 is 0 Å². The number of nitrogens with one attached hydrogen (secondary N) is 1. The van der Waals surface area contributed by atoms with E-state index >= 15 is 0 Å². The molecule has 0 amide bonds. The van der Waals surface area contributed by atoms with E-state index in [1.165, 1.54) is 11.1 Å². The Morgan fingerprint density at radius 3 is 2.78 bits per heavy atom. The fraction of sp³-hybridized carbons (Fsp3) is 0.316. The Kier molecular flexibility index (Phi) is 4.35. The van der Waals surface area contributed by atoms with Crippen molar-refractivity contribution in [2.45, 2.75) is 26.8 Å². The van der Waals surface area contributed by atoms with E-state index in [1.807, 2.05) is 25.1 Å². The number of hydrogen-bond acceptors (Lipinski definition) is 3. The number of aromatic nitrogens is 2. The van der Waals surface area contributed by atoms with Gasteiger partial charge >= 0.3 is 0 Å². The summed E-state index contributed by atoms with van der Waals surface area (Å²) in [5, 5.41) is 9.95. The second-order valence-electron chi connectivity index (χ2n) is 6.27. The minimum absolute atomic E-state index is 0.363. The number of benzene rings is 2. The first kappa shape index (κ1) is 15.6. The lowest BCUT2D eigenvalue weighted by Crippen LogP contribution is -2.21. The monoisotopic (exact) mass is 309 g/mol. The van der Waals surface area contributed by atoms with Crippen LogP contribution in [0.25, 0.3) is 11.0 Å². The summed E-state index contributed by atoms with van der Waals surface area (Å²) >= 11 is 0. The van der Waals surface area contributed by atoms with Gasteiger partial charge in [-0.25, -0.2) is 4.98 Å². The van der Waals surface area contributed by atoms with Gasteiger partial charge in [-0.05, 0) is 38.6 Å². The zero-order valence-corrected chi connectivity index (χ0v) is 13.9. The minimum atomic E-state index is 0.363. The van der Waals surface area contributed by atoms with Crippen molar-refractivity contribution in [2.24, 2.45) is 0 Å². The standard InChI is InChI=1S/C19H23N3O/c1-13-7-8-17(23)15(11-13)12-22(3)10-9-18-20-16-6-4-5-14(2)19(16)21-18/h4-8,11,23H,9-10,12H2,1-3H3,(H,20,21). The zero-order chi connectivity index (χ0) is 16.4. The third kappa shape index (κ3) is 3.54. The lowest BCUT2D eigenvalue weighted by Gasteiger charge is -2.17. The molecule has 1 aromatic heterocycles. The number of aryl methyl sites for hydroxylation is 2. The van der Waals surface area contributed by atoms with Crippen molar-refractivity contribution in [1.29, 1.82) is 0 Å². The Morgan fingerprint density at radius 2 is 2.00 bits per heavy atom. The predicted octanol–water partition coefficient (Wildman–Crippen LogP) is 3.56. The largest absolute Gasteiger partial charge is 0.508 e. The van der Waals surface area contributed by atoms with E-state index < -0.39 is 0 Å². The van der Waals surface area contributed by atoms with Gasteiger partial charge in [0, 0.05) is 25.1 Å². The normalized spacial score (nSPS) is 11.5. The Morgan fingerprint density at radius 1 is 1.17 bits per heavy atom. The van der Waals surface area contributed by atoms with E-state index in [0.29, 0.717) is 5.75 Å². The first-order chi connectivity index (χ1) is 11.0. The summed E-state index contributed by atoms with van der Waals surface area (Å²) in [5.41, 5.74) is 5.48. The molecule has 0 aliphatic carbocycles. The summed E-state index contributed by atoms with van der Waals surface area (Å²) in [7, 11) is 2.07. The Balaban J connectivity index is 1.65. The molecule has 4 nitrogen and oxygen atoms in total. The summed E-state index contributed by atoms with van der Waals surface area (Å²) in [6.07, 6.45) is 0.858. The maximum atomic E-state index is 9.95. The molecule has 4 heteroatoms. The highest BCUT2D eigenvalue weighted by molar-refractivity contribution is 5.78. The van der Waals surface area contributed by atoms with Crippen LogP contribution in [0.2, 0.25) is 0 Å². The van der Waals surface area contributed by atoms with Gasteiger partial charge in [-0.2, -0.15) is 0 Å².